The third kappa shape index (κ3) is 4.41. The number of halogens is 1. The molecule has 1 aliphatic rings. The molecular weight excluding hydrogens is 371 g/mol. The van der Waals surface area contributed by atoms with E-state index >= 15 is 0 Å². The summed E-state index contributed by atoms with van der Waals surface area (Å²) in [4.78, 5) is 0. The van der Waals surface area contributed by atoms with Crippen molar-refractivity contribution in [1.29, 1.82) is 0 Å². The molecule has 140 valence electrons. The van der Waals surface area contributed by atoms with Crippen molar-refractivity contribution in [3.8, 4) is 11.5 Å². The van der Waals surface area contributed by atoms with E-state index in [-0.39, 0.29) is 0 Å². The first-order chi connectivity index (χ1) is 12.5. The van der Waals surface area contributed by atoms with E-state index < -0.39 is 6.80 Å². The zero-order chi connectivity index (χ0) is 18.6. The SMILES string of the molecule is COc1ccc(CN2CCCN(Cc3ccc(OC)cc3)P2(=O)Cl)cc1. The summed E-state index contributed by atoms with van der Waals surface area (Å²) < 4.78 is 27.5. The molecule has 2 aromatic rings. The molecule has 1 aliphatic heterocycles. The zero-order valence-electron chi connectivity index (χ0n) is 15.1. The molecule has 3 rings (SSSR count). The minimum Gasteiger partial charge on any atom is -0.497 e. The van der Waals surface area contributed by atoms with Crippen LogP contribution in [0.1, 0.15) is 17.5 Å². The third-order valence-corrected chi connectivity index (χ3v) is 7.94. The van der Waals surface area contributed by atoms with Crippen molar-refractivity contribution >= 4 is 18.0 Å². The Morgan fingerprint density at radius 2 is 1.23 bits per heavy atom. The predicted octanol–water partition coefficient (Wildman–Crippen LogP) is 4.76. The van der Waals surface area contributed by atoms with E-state index in [1.54, 1.807) is 14.2 Å². The van der Waals surface area contributed by atoms with E-state index in [2.05, 4.69) is 0 Å². The molecule has 2 aromatic carbocycles. The van der Waals surface area contributed by atoms with Gasteiger partial charge in [0.05, 0.1) is 14.2 Å². The molecule has 26 heavy (non-hydrogen) atoms. The minimum atomic E-state index is -3.10. The number of hydrogen-bond donors (Lipinski definition) is 0. The van der Waals surface area contributed by atoms with Crippen molar-refractivity contribution in [3.63, 3.8) is 0 Å². The molecule has 1 heterocycles. The highest BCUT2D eigenvalue weighted by Gasteiger charge is 2.38. The highest BCUT2D eigenvalue weighted by Crippen LogP contribution is 2.61. The van der Waals surface area contributed by atoms with Crippen molar-refractivity contribution in [2.24, 2.45) is 0 Å². The van der Waals surface area contributed by atoms with Crippen molar-refractivity contribution in [1.82, 2.24) is 9.34 Å². The third-order valence-electron chi connectivity index (χ3n) is 4.58. The first-order valence-corrected chi connectivity index (χ1v) is 11.1. The van der Waals surface area contributed by atoms with Gasteiger partial charge < -0.3 is 9.47 Å². The lowest BCUT2D eigenvalue weighted by Gasteiger charge is -2.39. The quantitative estimate of drug-likeness (QED) is 0.661. The molecule has 0 aromatic heterocycles. The van der Waals surface area contributed by atoms with Crippen LogP contribution in [0, 0.1) is 0 Å². The van der Waals surface area contributed by atoms with Gasteiger partial charge in [-0.2, -0.15) is 0 Å². The molecule has 1 fully saturated rings. The Bertz CT molecular complexity index is 706. The largest absolute Gasteiger partial charge is 0.497 e. The van der Waals surface area contributed by atoms with E-state index in [0.717, 1.165) is 42.1 Å². The fraction of sp³-hybridized carbons (Fsp3) is 0.368. The van der Waals surface area contributed by atoms with E-state index in [1.165, 1.54) is 0 Å². The van der Waals surface area contributed by atoms with Crippen molar-refractivity contribution in [2.45, 2.75) is 19.5 Å². The predicted molar refractivity (Wildman–Crippen MR) is 105 cm³/mol. The van der Waals surface area contributed by atoms with E-state index in [0.29, 0.717) is 13.1 Å². The van der Waals surface area contributed by atoms with Crippen LogP contribution in [-0.4, -0.2) is 36.6 Å². The zero-order valence-corrected chi connectivity index (χ0v) is 16.7. The van der Waals surface area contributed by atoms with Crippen LogP contribution in [0.15, 0.2) is 48.5 Å². The summed E-state index contributed by atoms with van der Waals surface area (Å²) in [5, 5.41) is 0. The van der Waals surface area contributed by atoms with Crippen LogP contribution >= 0.6 is 18.0 Å². The maximum Gasteiger partial charge on any atom is 0.305 e. The monoisotopic (exact) mass is 394 g/mol. The first-order valence-electron chi connectivity index (χ1n) is 8.59. The van der Waals surface area contributed by atoms with Crippen molar-refractivity contribution in [2.75, 3.05) is 27.3 Å². The summed E-state index contributed by atoms with van der Waals surface area (Å²) in [6, 6.07) is 15.6. The summed E-state index contributed by atoms with van der Waals surface area (Å²) in [6.07, 6.45) is 0.934. The Hall–Kier alpha value is -1.52. The molecular formula is C19H24ClN2O3P. The van der Waals surface area contributed by atoms with Gasteiger partial charge in [-0.3, -0.25) is 4.57 Å². The molecule has 0 aliphatic carbocycles. The van der Waals surface area contributed by atoms with Crippen LogP contribution in [0.5, 0.6) is 11.5 Å². The van der Waals surface area contributed by atoms with Crippen molar-refractivity contribution in [3.05, 3.63) is 59.7 Å². The summed E-state index contributed by atoms with van der Waals surface area (Å²) in [5.41, 5.74) is 2.14. The normalized spacial score (nSPS) is 17.8. The number of methoxy groups -OCH3 is 2. The standard InChI is InChI=1S/C19H24ClN2O3P/c1-24-18-8-4-16(5-9-18)14-21-12-3-13-22(26(21,20)23)15-17-6-10-19(25-2)11-7-17/h4-11H,3,12-15H2,1-2H3. The van der Waals surface area contributed by atoms with E-state index in [9.17, 15) is 4.57 Å². The molecule has 0 saturated carbocycles. The highest BCUT2D eigenvalue weighted by molar-refractivity contribution is 7.85. The van der Waals surface area contributed by atoms with Crippen LogP contribution in [0.4, 0.5) is 0 Å². The van der Waals surface area contributed by atoms with Gasteiger partial charge in [-0.1, -0.05) is 24.3 Å². The molecule has 0 N–H and O–H groups in total. The van der Waals surface area contributed by atoms with Gasteiger partial charge in [0.2, 0.25) is 0 Å². The van der Waals surface area contributed by atoms with Gasteiger partial charge in [-0.15, -0.1) is 0 Å². The molecule has 0 atom stereocenters. The maximum absolute atomic E-state index is 13.3. The Balaban J connectivity index is 1.70. The molecule has 1 saturated heterocycles. The lowest BCUT2D eigenvalue weighted by atomic mass is 10.2. The van der Waals surface area contributed by atoms with Gasteiger partial charge in [0, 0.05) is 26.2 Å². The van der Waals surface area contributed by atoms with Crippen LogP contribution in [0.3, 0.4) is 0 Å². The van der Waals surface area contributed by atoms with Gasteiger partial charge in [-0.05, 0) is 53.1 Å². The van der Waals surface area contributed by atoms with Gasteiger partial charge in [0.1, 0.15) is 11.5 Å². The summed E-state index contributed by atoms with van der Waals surface area (Å²) in [7, 11) is 3.29. The van der Waals surface area contributed by atoms with Gasteiger partial charge in [0.15, 0.2) is 0 Å². The minimum absolute atomic E-state index is 0.559. The number of nitrogens with zero attached hydrogens (tertiary/aromatic N) is 2. The molecule has 0 unspecified atom stereocenters. The topological polar surface area (TPSA) is 42.0 Å². The second-order valence-electron chi connectivity index (χ2n) is 6.30. The lowest BCUT2D eigenvalue weighted by molar-refractivity contribution is 0.281. The second-order valence-corrected chi connectivity index (χ2v) is 9.70. The summed E-state index contributed by atoms with van der Waals surface area (Å²) in [6.45, 7) is -0.524. The van der Waals surface area contributed by atoms with Gasteiger partial charge in [-0.25, -0.2) is 9.34 Å². The molecule has 5 nitrogen and oxygen atoms in total. The van der Waals surface area contributed by atoms with Crippen molar-refractivity contribution < 1.29 is 14.0 Å². The van der Waals surface area contributed by atoms with E-state index in [1.807, 2.05) is 57.9 Å². The Kier molecular flexibility index (Phi) is 6.25. The Morgan fingerprint density at radius 1 is 0.846 bits per heavy atom. The molecule has 7 heteroatoms. The maximum atomic E-state index is 13.3. The smallest absolute Gasteiger partial charge is 0.305 e. The Labute approximate surface area is 159 Å². The average molecular weight is 395 g/mol. The summed E-state index contributed by atoms with van der Waals surface area (Å²) in [5.74, 6) is 1.62. The van der Waals surface area contributed by atoms with Crippen LogP contribution in [0.2, 0.25) is 0 Å². The van der Waals surface area contributed by atoms with Gasteiger partial charge >= 0.3 is 6.80 Å². The second kappa shape index (κ2) is 8.45. The van der Waals surface area contributed by atoms with Crippen LogP contribution in [-0.2, 0) is 17.7 Å². The van der Waals surface area contributed by atoms with Crippen LogP contribution < -0.4 is 9.47 Å². The lowest BCUT2D eigenvalue weighted by Crippen LogP contribution is -2.36. The van der Waals surface area contributed by atoms with Gasteiger partial charge in [0.25, 0.3) is 0 Å². The van der Waals surface area contributed by atoms with Crippen LogP contribution in [0.25, 0.3) is 0 Å². The summed E-state index contributed by atoms with van der Waals surface area (Å²) >= 11 is 6.58. The number of hydrogen-bond acceptors (Lipinski definition) is 3. The van der Waals surface area contributed by atoms with E-state index in [4.69, 9.17) is 20.7 Å². The number of rotatable bonds is 6. The molecule has 0 spiro atoms. The fourth-order valence-corrected chi connectivity index (χ4v) is 5.66. The first kappa shape index (κ1) is 19.2. The highest BCUT2D eigenvalue weighted by atomic mass is 35.7. The molecule has 0 bridgehead atoms. The fourth-order valence-electron chi connectivity index (χ4n) is 3.08. The molecule has 0 amide bonds. The number of benzene rings is 2. The Morgan fingerprint density at radius 3 is 1.58 bits per heavy atom. The molecule has 0 radical (unpaired) electrons. The average Bonchev–Trinajstić information content (AvgIpc) is 2.66. The number of ether oxygens (including phenoxy) is 2.